The van der Waals surface area contributed by atoms with Crippen molar-refractivity contribution < 1.29 is 39.6 Å². The van der Waals surface area contributed by atoms with Gasteiger partial charge in [-0.2, -0.15) is 13.2 Å². The topological polar surface area (TPSA) is 134 Å². The maximum atomic E-state index is 13.1. The van der Waals surface area contributed by atoms with Crippen molar-refractivity contribution in [2.24, 2.45) is 0 Å². The zero-order chi connectivity index (χ0) is 28.6. The molecule has 1 atom stereocenters. The molecule has 1 N–H and O–H groups in total. The predicted molar refractivity (Wildman–Crippen MR) is 134 cm³/mol. The van der Waals surface area contributed by atoms with Gasteiger partial charge < -0.3 is 4.90 Å². The lowest BCUT2D eigenvalue weighted by Gasteiger charge is -2.20. The Kier molecular flexibility index (Phi) is 7.40. The predicted octanol–water partition coefficient (Wildman–Crippen LogP) is 3.67. The summed E-state index contributed by atoms with van der Waals surface area (Å²) in [5, 5.41) is 0. The largest absolute Gasteiger partial charge is 0.501 e. The van der Waals surface area contributed by atoms with E-state index in [-0.39, 0.29) is 23.8 Å². The van der Waals surface area contributed by atoms with Crippen LogP contribution in [0.15, 0.2) is 77.8 Å². The lowest BCUT2D eigenvalue weighted by atomic mass is 10.2. The molecule has 39 heavy (non-hydrogen) atoms. The normalized spacial score (nSPS) is 16.6. The van der Waals surface area contributed by atoms with E-state index in [9.17, 15) is 39.6 Å². The summed E-state index contributed by atoms with van der Waals surface area (Å²) in [4.78, 5) is 30.8. The molecular weight excluding hydrogens is 561 g/mol. The van der Waals surface area contributed by atoms with E-state index >= 15 is 0 Å². The number of sulfone groups is 1. The number of hydrogen-bond acceptors (Lipinski definition) is 7. The molecule has 0 aliphatic carbocycles. The number of rotatable bonds is 8. The molecule has 2 heterocycles. The fraction of sp³-hybridized carbons (Fsp3) is 0.208. The fourth-order valence-electron chi connectivity index (χ4n) is 3.87. The monoisotopic (exact) mass is 582 g/mol. The van der Waals surface area contributed by atoms with E-state index in [0.717, 1.165) is 17.0 Å². The van der Waals surface area contributed by atoms with Crippen molar-refractivity contribution in [3.63, 3.8) is 0 Å². The minimum absolute atomic E-state index is 0.00683. The van der Waals surface area contributed by atoms with Crippen molar-refractivity contribution in [1.29, 1.82) is 0 Å². The van der Waals surface area contributed by atoms with Gasteiger partial charge in [0.05, 0.1) is 16.3 Å². The van der Waals surface area contributed by atoms with Gasteiger partial charge in [0.1, 0.15) is 11.9 Å². The number of sulfonamides is 1. The van der Waals surface area contributed by atoms with Crippen molar-refractivity contribution in [3.05, 3.63) is 84.1 Å². The van der Waals surface area contributed by atoms with Crippen LogP contribution >= 0.6 is 0 Å². The molecule has 2 aromatic carbocycles. The molecule has 1 unspecified atom stereocenters. The highest BCUT2D eigenvalue weighted by Gasteiger charge is 2.47. The number of nitrogens with zero attached hydrogens (tertiary/aromatic N) is 3. The van der Waals surface area contributed by atoms with E-state index in [0.29, 0.717) is 23.3 Å². The molecule has 0 saturated carbocycles. The smallest absolute Gasteiger partial charge is 0.308 e. The Morgan fingerprint density at radius 2 is 1.56 bits per heavy atom. The van der Waals surface area contributed by atoms with Gasteiger partial charge >= 0.3 is 11.5 Å². The van der Waals surface area contributed by atoms with E-state index in [1.54, 1.807) is 30.3 Å². The highest BCUT2D eigenvalue weighted by molar-refractivity contribution is 7.92. The molecule has 4 rings (SSSR count). The molecule has 0 spiro atoms. The van der Waals surface area contributed by atoms with Crippen LogP contribution < -0.4 is 9.62 Å². The average molecular weight is 583 g/mol. The van der Waals surface area contributed by atoms with Crippen LogP contribution in [-0.2, 0) is 37.0 Å². The molecule has 15 heteroatoms. The van der Waals surface area contributed by atoms with Gasteiger partial charge in [-0.1, -0.05) is 30.3 Å². The second-order valence-electron chi connectivity index (χ2n) is 8.60. The summed E-state index contributed by atoms with van der Waals surface area (Å²) in [5.41, 5.74) is -4.59. The standard InChI is InChI=1S/C24H21F3N4O6S2/c1-16-22(32)31(19-7-9-20(10-8-19)39(36,37)24(25,26)27)23(33)30(16)14-18-11-12-28-21(13-18)29-38(34,35)15-17-5-3-2-4-6-17/h2-13,16H,14-15H2,1H3,(H,28,29). The summed E-state index contributed by atoms with van der Waals surface area (Å²) in [7, 11) is -9.39. The number of amides is 3. The van der Waals surface area contributed by atoms with Crippen molar-refractivity contribution in [3.8, 4) is 0 Å². The molecule has 0 bridgehead atoms. The zero-order valence-corrected chi connectivity index (χ0v) is 21.8. The summed E-state index contributed by atoms with van der Waals surface area (Å²) in [6.07, 6.45) is 1.33. The third kappa shape index (κ3) is 5.88. The van der Waals surface area contributed by atoms with Crippen LogP contribution in [0.1, 0.15) is 18.1 Å². The molecular formula is C24H21F3N4O6S2. The molecule has 0 radical (unpaired) electrons. The van der Waals surface area contributed by atoms with Crippen molar-refractivity contribution in [2.45, 2.75) is 35.7 Å². The quantitative estimate of drug-likeness (QED) is 0.401. The summed E-state index contributed by atoms with van der Waals surface area (Å²) in [6.45, 7) is 1.34. The van der Waals surface area contributed by atoms with Gasteiger partial charge in [0, 0.05) is 12.7 Å². The Morgan fingerprint density at radius 3 is 2.18 bits per heavy atom. The summed E-state index contributed by atoms with van der Waals surface area (Å²) in [6, 6.07) is 12.9. The lowest BCUT2D eigenvalue weighted by molar-refractivity contribution is -0.119. The molecule has 206 valence electrons. The first-order valence-corrected chi connectivity index (χ1v) is 14.4. The first-order chi connectivity index (χ1) is 18.2. The first-order valence-electron chi connectivity index (χ1n) is 11.2. The van der Waals surface area contributed by atoms with Crippen molar-refractivity contribution >= 4 is 43.3 Å². The number of benzene rings is 2. The Hall–Kier alpha value is -3.98. The van der Waals surface area contributed by atoms with E-state index in [1.807, 2.05) is 0 Å². The Morgan fingerprint density at radius 1 is 0.923 bits per heavy atom. The van der Waals surface area contributed by atoms with Crippen LogP contribution in [0.4, 0.5) is 29.5 Å². The first kappa shape index (κ1) is 28.0. The number of carbonyl (C=O) groups is 2. The van der Waals surface area contributed by atoms with Crippen molar-refractivity contribution in [1.82, 2.24) is 9.88 Å². The molecule has 3 amide bonds. The maximum absolute atomic E-state index is 13.1. The second-order valence-corrected chi connectivity index (χ2v) is 12.3. The lowest BCUT2D eigenvalue weighted by Crippen LogP contribution is -2.33. The van der Waals surface area contributed by atoms with Gasteiger partial charge in [0.2, 0.25) is 10.0 Å². The van der Waals surface area contributed by atoms with Gasteiger partial charge in [-0.15, -0.1) is 0 Å². The van der Waals surface area contributed by atoms with Crippen LogP contribution in [0.2, 0.25) is 0 Å². The van der Waals surface area contributed by atoms with Crippen LogP contribution in [0, 0.1) is 0 Å². The van der Waals surface area contributed by atoms with Gasteiger partial charge in [-0.3, -0.25) is 9.52 Å². The molecule has 1 aliphatic rings. The third-order valence-electron chi connectivity index (χ3n) is 5.83. The van der Waals surface area contributed by atoms with Crippen LogP contribution in [0.25, 0.3) is 0 Å². The number of nitrogens with one attached hydrogen (secondary N) is 1. The Balaban J connectivity index is 1.50. The molecule has 1 fully saturated rings. The number of anilines is 2. The second kappa shape index (κ2) is 10.3. The number of halogens is 3. The average Bonchev–Trinajstić information content (AvgIpc) is 3.06. The van der Waals surface area contributed by atoms with Crippen molar-refractivity contribution in [2.75, 3.05) is 9.62 Å². The summed E-state index contributed by atoms with van der Waals surface area (Å²) < 4.78 is 89.1. The number of alkyl halides is 3. The Labute approximate surface area is 222 Å². The molecule has 3 aromatic rings. The Bertz CT molecular complexity index is 1610. The molecule has 10 nitrogen and oxygen atoms in total. The third-order valence-corrected chi connectivity index (χ3v) is 8.56. The van der Waals surface area contributed by atoms with Crippen LogP contribution in [0.5, 0.6) is 0 Å². The van der Waals surface area contributed by atoms with Crippen LogP contribution in [0.3, 0.4) is 0 Å². The molecule has 1 aliphatic heterocycles. The SMILES string of the molecule is CC1C(=O)N(c2ccc(S(=O)(=O)C(F)(F)F)cc2)C(=O)N1Cc1ccnc(NS(=O)(=O)Cc2ccccc2)c1. The van der Waals surface area contributed by atoms with E-state index in [1.165, 1.54) is 30.2 Å². The van der Waals surface area contributed by atoms with Gasteiger partial charge in [-0.05, 0) is 54.4 Å². The molecule has 1 aromatic heterocycles. The highest BCUT2D eigenvalue weighted by atomic mass is 32.2. The van der Waals surface area contributed by atoms with Crippen LogP contribution in [-0.4, -0.2) is 50.2 Å². The number of pyridine rings is 1. The van der Waals surface area contributed by atoms with Gasteiger partial charge in [0.15, 0.2) is 0 Å². The van der Waals surface area contributed by atoms with Gasteiger partial charge in [-0.25, -0.2) is 31.5 Å². The number of urea groups is 1. The number of carbonyl (C=O) groups excluding carboxylic acids is 2. The maximum Gasteiger partial charge on any atom is 0.501 e. The van der Waals surface area contributed by atoms with Gasteiger partial charge in [0.25, 0.3) is 15.7 Å². The zero-order valence-electron chi connectivity index (χ0n) is 20.2. The highest BCUT2D eigenvalue weighted by Crippen LogP contribution is 2.33. The number of aromatic nitrogens is 1. The van der Waals surface area contributed by atoms with E-state index in [2.05, 4.69) is 9.71 Å². The minimum Gasteiger partial charge on any atom is -0.308 e. The van der Waals surface area contributed by atoms with E-state index < -0.39 is 48.2 Å². The minimum atomic E-state index is -5.59. The number of imide groups is 1. The van der Waals surface area contributed by atoms with E-state index in [4.69, 9.17) is 0 Å². The summed E-state index contributed by atoms with van der Waals surface area (Å²) in [5.74, 6) is -0.954. The molecule has 1 saturated heterocycles. The fourth-order valence-corrected chi connectivity index (χ4v) is 5.77. The summed E-state index contributed by atoms with van der Waals surface area (Å²) >= 11 is 0. The number of hydrogen-bond donors (Lipinski definition) is 1.